The quantitative estimate of drug-likeness (QED) is 0.606. The second kappa shape index (κ2) is 6.10. The lowest BCUT2D eigenvalue weighted by molar-refractivity contribution is -0.168. The molecule has 3 rings (SSSR count). The highest BCUT2D eigenvalue weighted by molar-refractivity contribution is 6.06. The molecule has 0 N–H and O–H groups in total. The van der Waals surface area contributed by atoms with E-state index in [1.807, 2.05) is 6.07 Å². The van der Waals surface area contributed by atoms with E-state index in [0.717, 1.165) is 22.3 Å². The molecule has 0 aliphatic heterocycles. The van der Waals surface area contributed by atoms with Gasteiger partial charge >= 0.3 is 11.9 Å². The normalized spacial score (nSPS) is 17.0. The van der Waals surface area contributed by atoms with Gasteiger partial charge in [0.05, 0.1) is 14.2 Å². The highest BCUT2D eigenvalue weighted by Crippen LogP contribution is 2.44. The lowest BCUT2D eigenvalue weighted by atomic mass is 9.84. The van der Waals surface area contributed by atoms with Crippen LogP contribution in [0, 0.1) is 5.41 Å². The molecule has 1 aromatic carbocycles. The fourth-order valence-electron chi connectivity index (χ4n) is 4.11. The van der Waals surface area contributed by atoms with Crippen LogP contribution in [0.5, 0.6) is 0 Å². The van der Waals surface area contributed by atoms with E-state index >= 15 is 0 Å². The molecule has 2 aliphatic carbocycles. The van der Waals surface area contributed by atoms with E-state index in [4.69, 9.17) is 9.47 Å². The molecule has 1 aromatic rings. The van der Waals surface area contributed by atoms with Crippen LogP contribution in [0.25, 0.3) is 0 Å². The average Bonchev–Trinajstić information content (AvgIpc) is 3.14. The zero-order chi connectivity index (χ0) is 18.4. The van der Waals surface area contributed by atoms with Gasteiger partial charge in [0.1, 0.15) is 5.78 Å². The second-order valence-corrected chi connectivity index (χ2v) is 6.75. The van der Waals surface area contributed by atoms with Gasteiger partial charge in [-0.05, 0) is 42.0 Å². The summed E-state index contributed by atoms with van der Waals surface area (Å²) in [6.07, 6.45) is 1.43. The number of fused-ring (bicyclic) bond motifs is 3. The van der Waals surface area contributed by atoms with Crippen molar-refractivity contribution in [1.29, 1.82) is 0 Å². The van der Waals surface area contributed by atoms with E-state index in [9.17, 15) is 19.2 Å². The third-order valence-corrected chi connectivity index (χ3v) is 5.17. The molecule has 6 heteroatoms. The lowest BCUT2D eigenvalue weighted by Crippen LogP contribution is -2.42. The predicted molar refractivity (Wildman–Crippen MR) is 87.4 cm³/mol. The van der Waals surface area contributed by atoms with Crippen molar-refractivity contribution in [3.63, 3.8) is 0 Å². The Morgan fingerprint density at radius 2 is 1.68 bits per heavy atom. The maximum atomic E-state index is 12.4. The van der Waals surface area contributed by atoms with Crippen LogP contribution < -0.4 is 0 Å². The van der Waals surface area contributed by atoms with Crippen molar-refractivity contribution in [3.05, 3.63) is 33.9 Å². The summed E-state index contributed by atoms with van der Waals surface area (Å²) in [4.78, 5) is 48.8. The molecule has 132 valence electrons. The Bertz CT molecular complexity index is 789. The molecular weight excluding hydrogens is 324 g/mol. The number of esters is 2. The molecule has 0 unspecified atom stereocenters. The second-order valence-electron chi connectivity index (χ2n) is 6.75. The number of ether oxygens (including phenoxy) is 2. The van der Waals surface area contributed by atoms with Gasteiger partial charge in [0.2, 0.25) is 0 Å². The van der Waals surface area contributed by atoms with Crippen molar-refractivity contribution in [2.24, 2.45) is 5.41 Å². The first-order valence-corrected chi connectivity index (χ1v) is 8.20. The van der Waals surface area contributed by atoms with Crippen LogP contribution in [0.2, 0.25) is 0 Å². The highest BCUT2D eigenvalue weighted by Gasteiger charge is 2.54. The van der Waals surface area contributed by atoms with Crippen molar-refractivity contribution < 1.29 is 28.7 Å². The zero-order valence-electron chi connectivity index (χ0n) is 14.6. The number of carbonyl (C=O) groups is 4. The van der Waals surface area contributed by atoms with Gasteiger partial charge < -0.3 is 9.47 Å². The topological polar surface area (TPSA) is 86.7 Å². The lowest BCUT2D eigenvalue weighted by Gasteiger charge is -2.22. The van der Waals surface area contributed by atoms with Gasteiger partial charge in [0.15, 0.2) is 11.2 Å². The molecule has 0 heterocycles. The Labute approximate surface area is 145 Å². The van der Waals surface area contributed by atoms with E-state index in [2.05, 4.69) is 0 Å². The molecule has 0 radical (unpaired) electrons. The summed E-state index contributed by atoms with van der Waals surface area (Å²) >= 11 is 0. The maximum Gasteiger partial charge on any atom is 0.323 e. The first-order chi connectivity index (χ1) is 11.8. The molecule has 2 aliphatic rings. The first kappa shape index (κ1) is 17.3. The van der Waals surface area contributed by atoms with Crippen molar-refractivity contribution in [2.75, 3.05) is 14.2 Å². The summed E-state index contributed by atoms with van der Waals surface area (Å²) in [6, 6.07) is 1.86. The van der Waals surface area contributed by atoms with Crippen molar-refractivity contribution >= 4 is 23.5 Å². The van der Waals surface area contributed by atoms with Gasteiger partial charge in [0.25, 0.3) is 0 Å². The van der Waals surface area contributed by atoms with Crippen molar-refractivity contribution in [2.45, 2.75) is 39.0 Å². The fraction of sp³-hybridized carbons (Fsp3) is 0.474. The zero-order valence-corrected chi connectivity index (χ0v) is 14.6. The van der Waals surface area contributed by atoms with Crippen LogP contribution in [0.3, 0.4) is 0 Å². The Balaban J connectivity index is 2.16. The predicted octanol–water partition coefficient (Wildman–Crippen LogP) is 1.38. The Kier molecular flexibility index (Phi) is 4.22. The van der Waals surface area contributed by atoms with Gasteiger partial charge in [-0.15, -0.1) is 0 Å². The molecule has 0 spiro atoms. The standard InChI is InChI=1S/C19H20O6/c1-10(20)6-11-7-12-8-19(17(22)24-2,18(23)25-3)9-14(12)16-13(11)4-5-15(16)21/h7H,4-6,8-9H2,1-3H3. The molecule has 6 nitrogen and oxygen atoms in total. The van der Waals surface area contributed by atoms with Crippen LogP contribution in [0.1, 0.15) is 46.0 Å². The maximum absolute atomic E-state index is 12.4. The summed E-state index contributed by atoms with van der Waals surface area (Å²) in [7, 11) is 2.46. The van der Waals surface area contributed by atoms with E-state index in [1.54, 1.807) is 0 Å². The van der Waals surface area contributed by atoms with E-state index < -0.39 is 17.4 Å². The molecule has 0 amide bonds. The molecule has 0 saturated carbocycles. The van der Waals surface area contributed by atoms with Gasteiger partial charge in [-0.25, -0.2) is 0 Å². The largest absolute Gasteiger partial charge is 0.468 e. The van der Waals surface area contributed by atoms with E-state index in [1.165, 1.54) is 21.1 Å². The van der Waals surface area contributed by atoms with E-state index in [-0.39, 0.29) is 30.8 Å². The van der Waals surface area contributed by atoms with Crippen LogP contribution in [0.15, 0.2) is 6.07 Å². The van der Waals surface area contributed by atoms with Crippen LogP contribution in [0.4, 0.5) is 0 Å². The SMILES string of the molecule is COC(=O)C1(C(=O)OC)Cc2cc(CC(C)=O)c3c(c2C1)C(=O)CC3. The average molecular weight is 344 g/mol. The molecule has 0 atom stereocenters. The monoisotopic (exact) mass is 344 g/mol. The van der Waals surface area contributed by atoms with Gasteiger partial charge in [-0.2, -0.15) is 0 Å². The number of ketones is 2. The third kappa shape index (κ3) is 2.56. The van der Waals surface area contributed by atoms with Gasteiger partial charge in [-0.3, -0.25) is 19.2 Å². The van der Waals surface area contributed by atoms with Crippen LogP contribution in [-0.2, 0) is 49.5 Å². The Morgan fingerprint density at radius 1 is 1.04 bits per heavy atom. The van der Waals surface area contributed by atoms with E-state index in [0.29, 0.717) is 18.4 Å². The smallest absolute Gasteiger partial charge is 0.323 e. The molecular formula is C19H20O6. The Morgan fingerprint density at radius 3 is 2.24 bits per heavy atom. The summed E-state index contributed by atoms with van der Waals surface area (Å²) in [5.74, 6) is -1.32. The van der Waals surface area contributed by atoms with Crippen LogP contribution in [-0.4, -0.2) is 37.7 Å². The molecule has 25 heavy (non-hydrogen) atoms. The van der Waals surface area contributed by atoms with Crippen LogP contribution >= 0.6 is 0 Å². The number of hydrogen-bond acceptors (Lipinski definition) is 6. The van der Waals surface area contributed by atoms with Gasteiger partial charge in [-0.1, -0.05) is 6.07 Å². The number of Topliss-reactive ketones (excluding diaryl/α,β-unsaturated/α-hetero) is 2. The number of rotatable bonds is 4. The number of carbonyl (C=O) groups excluding carboxylic acids is 4. The first-order valence-electron chi connectivity index (χ1n) is 8.20. The van der Waals surface area contributed by atoms with Gasteiger partial charge in [0, 0.05) is 24.8 Å². The summed E-state index contributed by atoms with van der Waals surface area (Å²) in [5.41, 5.74) is 2.30. The third-order valence-electron chi connectivity index (χ3n) is 5.17. The summed E-state index contributed by atoms with van der Waals surface area (Å²) < 4.78 is 9.71. The molecule has 0 bridgehead atoms. The fourth-order valence-corrected chi connectivity index (χ4v) is 4.11. The minimum absolute atomic E-state index is 0.00202. The number of hydrogen-bond donors (Lipinski definition) is 0. The van der Waals surface area contributed by atoms with Crippen molar-refractivity contribution in [1.82, 2.24) is 0 Å². The Hall–Kier alpha value is -2.50. The molecule has 0 aromatic heterocycles. The summed E-state index contributed by atoms with van der Waals surface area (Å²) in [5, 5.41) is 0. The summed E-state index contributed by atoms with van der Waals surface area (Å²) in [6.45, 7) is 1.50. The minimum Gasteiger partial charge on any atom is -0.468 e. The molecule has 0 saturated heterocycles. The highest BCUT2D eigenvalue weighted by atomic mass is 16.5. The number of methoxy groups -OCH3 is 2. The minimum atomic E-state index is -1.46. The van der Waals surface area contributed by atoms with Crippen molar-refractivity contribution in [3.8, 4) is 0 Å². The number of benzene rings is 1. The molecule has 0 fully saturated rings.